The Hall–Kier alpha value is -3.40. The van der Waals surface area contributed by atoms with E-state index in [-0.39, 0.29) is 11.3 Å². The second kappa shape index (κ2) is 10.9. The summed E-state index contributed by atoms with van der Waals surface area (Å²) < 4.78 is 0. The molecule has 4 nitrogen and oxygen atoms in total. The normalized spacial score (nSPS) is 15.2. The Morgan fingerprint density at radius 2 is 1.46 bits per heavy atom. The van der Waals surface area contributed by atoms with Crippen LogP contribution in [0.2, 0.25) is 0 Å². The van der Waals surface area contributed by atoms with E-state index in [1.165, 1.54) is 39.6 Å². The third-order valence-corrected chi connectivity index (χ3v) is 7.59. The molecule has 0 amide bonds. The molecule has 3 aromatic rings. The number of benzene rings is 3. The smallest absolute Gasteiger partial charge is 0.0669 e. The van der Waals surface area contributed by atoms with Gasteiger partial charge in [-0.1, -0.05) is 105 Å². The van der Waals surface area contributed by atoms with Crippen LogP contribution in [-0.2, 0) is 5.41 Å². The number of nitrogens with zero attached hydrogens (tertiary/aromatic N) is 2. The van der Waals surface area contributed by atoms with Gasteiger partial charge in [0.25, 0.3) is 0 Å². The van der Waals surface area contributed by atoms with Gasteiger partial charge in [-0.15, -0.1) is 5.16 Å². The molecule has 0 spiro atoms. The highest BCUT2D eigenvalue weighted by molar-refractivity contribution is 6.02. The Kier molecular flexibility index (Phi) is 7.70. The van der Waals surface area contributed by atoms with Crippen molar-refractivity contribution in [3.8, 4) is 22.3 Å². The van der Waals surface area contributed by atoms with E-state index in [9.17, 15) is 10.4 Å². The fourth-order valence-corrected chi connectivity index (χ4v) is 5.70. The molecular weight excluding hydrogens is 432 g/mol. The van der Waals surface area contributed by atoms with E-state index in [1.807, 2.05) is 0 Å². The van der Waals surface area contributed by atoms with Crippen molar-refractivity contribution in [3.63, 3.8) is 0 Å². The van der Waals surface area contributed by atoms with E-state index in [2.05, 4.69) is 90.9 Å². The molecule has 0 saturated heterocycles. The molecular formula is C31H36N2O2. The van der Waals surface area contributed by atoms with Gasteiger partial charge >= 0.3 is 0 Å². The van der Waals surface area contributed by atoms with E-state index >= 15 is 0 Å². The van der Waals surface area contributed by atoms with Crippen LogP contribution >= 0.6 is 0 Å². The molecule has 4 rings (SSSR count). The molecule has 0 heterocycles. The number of rotatable bonds is 10. The van der Waals surface area contributed by atoms with Crippen LogP contribution < -0.4 is 0 Å². The van der Waals surface area contributed by atoms with Gasteiger partial charge in [0, 0.05) is 5.41 Å². The second-order valence-corrected chi connectivity index (χ2v) is 9.70. The summed E-state index contributed by atoms with van der Waals surface area (Å²) in [4.78, 5) is 0. The largest absolute Gasteiger partial charge is 0.411 e. The first-order chi connectivity index (χ1) is 17.1. The summed E-state index contributed by atoms with van der Waals surface area (Å²) in [5, 5.41) is 25.4. The fraction of sp³-hybridized carbons (Fsp3) is 0.355. The number of hydrogen-bond acceptors (Lipinski definition) is 4. The van der Waals surface area contributed by atoms with Crippen molar-refractivity contribution in [2.75, 3.05) is 0 Å². The predicted molar refractivity (Wildman–Crippen MR) is 145 cm³/mol. The van der Waals surface area contributed by atoms with Crippen LogP contribution in [0.1, 0.15) is 81.9 Å². The van der Waals surface area contributed by atoms with Crippen molar-refractivity contribution < 1.29 is 10.4 Å². The maximum absolute atomic E-state index is 9.45. The first-order valence-electron chi connectivity index (χ1n) is 12.8. The Morgan fingerprint density at radius 3 is 2.06 bits per heavy atom. The van der Waals surface area contributed by atoms with Crippen molar-refractivity contribution in [3.05, 3.63) is 83.4 Å². The molecule has 0 fully saturated rings. The fourth-order valence-electron chi connectivity index (χ4n) is 5.70. The molecule has 1 unspecified atom stereocenters. The van der Waals surface area contributed by atoms with Gasteiger partial charge in [-0.2, -0.15) is 0 Å². The van der Waals surface area contributed by atoms with Crippen LogP contribution in [0.15, 0.2) is 77.0 Å². The van der Waals surface area contributed by atoms with Crippen molar-refractivity contribution in [2.45, 2.75) is 70.6 Å². The number of unbranched alkanes of at least 4 members (excludes halogenated alkanes) is 2. The topological polar surface area (TPSA) is 65.2 Å². The van der Waals surface area contributed by atoms with Gasteiger partial charge in [-0.25, -0.2) is 0 Å². The molecule has 1 aliphatic rings. The summed E-state index contributed by atoms with van der Waals surface area (Å²) in [6.07, 6.45) is 8.22. The van der Waals surface area contributed by atoms with Gasteiger partial charge in [0.2, 0.25) is 0 Å². The molecule has 0 aliphatic heterocycles. The predicted octanol–water partition coefficient (Wildman–Crippen LogP) is 8.39. The van der Waals surface area contributed by atoms with Crippen LogP contribution in [0.3, 0.4) is 0 Å². The first kappa shape index (κ1) is 24.7. The Morgan fingerprint density at radius 1 is 0.829 bits per heavy atom. The molecule has 182 valence electrons. The van der Waals surface area contributed by atoms with Crippen molar-refractivity contribution in [1.82, 2.24) is 0 Å². The zero-order valence-electron chi connectivity index (χ0n) is 21.0. The standard InChI is InChI=1S/C31H36N2O2/c1-4-6-17-31(18-7-5-2)29-19-24(23-11-9-8-10-12-23)13-15-26(29)27-16-14-25(20-30(27)31)28(21-32-34)22(3)33-35/h8-16,19-21,28,34-35H,4-7,17-18H2,1-3H3/b32-21+,33-22+. The third kappa shape index (κ3) is 4.62. The van der Waals surface area contributed by atoms with Crippen LogP contribution in [-0.4, -0.2) is 22.3 Å². The van der Waals surface area contributed by atoms with Crippen LogP contribution in [0.4, 0.5) is 0 Å². The lowest BCUT2D eigenvalue weighted by molar-refractivity contribution is 0.315. The average Bonchev–Trinajstić information content (AvgIpc) is 3.18. The Bertz CT molecular complexity index is 1210. The maximum atomic E-state index is 9.45. The van der Waals surface area contributed by atoms with Crippen LogP contribution in [0.5, 0.6) is 0 Å². The highest BCUT2D eigenvalue weighted by Crippen LogP contribution is 2.55. The van der Waals surface area contributed by atoms with E-state index in [4.69, 9.17) is 0 Å². The molecule has 1 atom stereocenters. The Labute approximate surface area is 209 Å². The second-order valence-electron chi connectivity index (χ2n) is 9.70. The summed E-state index contributed by atoms with van der Waals surface area (Å²) in [6, 6.07) is 24.1. The van der Waals surface area contributed by atoms with E-state index in [1.54, 1.807) is 6.92 Å². The van der Waals surface area contributed by atoms with E-state index in [0.29, 0.717) is 5.71 Å². The summed E-state index contributed by atoms with van der Waals surface area (Å²) >= 11 is 0. The zero-order valence-corrected chi connectivity index (χ0v) is 21.0. The van der Waals surface area contributed by atoms with Crippen LogP contribution in [0, 0.1) is 0 Å². The van der Waals surface area contributed by atoms with Gasteiger partial charge < -0.3 is 10.4 Å². The highest BCUT2D eigenvalue weighted by atomic mass is 16.4. The molecule has 0 bridgehead atoms. The van der Waals surface area contributed by atoms with E-state index in [0.717, 1.165) is 44.1 Å². The molecule has 4 heteroatoms. The van der Waals surface area contributed by atoms with E-state index < -0.39 is 0 Å². The summed E-state index contributed by atoms with van der Waals surface area (Å²) in [5.74, 6) is -0.381. The zero-order chi connectivity index (χ0) is 24.8. The van der Waals surface area contributed by atoms with Crippen molar-refractivity contribution in [2.24, 2.45) is 10.3 Å². The third-order valence-electron chi connectivity index (χ3n) is 7.59. The molecule has 3 aromatic carbocycles. The highest BCUT2D eigenvalue weighted by Gasteiger charge is 2.42. The van der Waals surface area contributed by atoms with Crippen molar-refractivity contribution >= 4 is 11.9 Å². The van der Waals surface area contributed by atoms with Gasteiger partial charge in [-0.05, 0) is 64.8 Å². The number of fused-ring (bicyclic) bond motifs is 3. The van der Waals surface area contributed by atoms with Crippen LogP contribution in [0.25, 0.3) is 22.3 Å². The summed E-state index contributed by atoms with van der Waals surface area (Å²) in [7, 11) is 0. The minimum atomic E-state index is -0.381. The lowest BCUT2D eigenvalue weighted by atomic mass is 9.70. The van der Waals surface area contributed by atoms with Gasteiger partial charge in [0.15, 0.2) is 0 Å². The van der Waals surface area contributed by atoms with Gasteiger partial charge in [0.05, 0.1) is 17.8 Å². The van der Waals surface area contributed by atoms with Crippen molar-refractivity contribution in [1.29, 1.82) is 0 Å². The lowest BCUT2D eigenvalue weighted by Gasteiger charge is -2.33. The minimum Gasteiger partial charge on any atom is -0.411 e. The minimum absolute atomic E-state index is 0.0668. The average molecular weight is 469 g/mol. The maximum Gasteiger partial charge on any atom is 0.0669 e. The lowest BCUT2D eigenvalue weighted by Crippen LogP contribution is -2.26. The molecule has 35 heavy (non-hydrogen) atoms. The first-order valence-corrected chi connectivity index (χ1v) is 12.8. The molecule has 0 aromatic heterocycles. The molecule has 0 radical (unpaired) electrons. The van der Waals surface area contributed by atoms with Gasteiger partial charge in [0.1, 0.15) is 0 Å². The quantitative estimate of drug-likeness (QED) is 0.178. The molecule has 2 N–H and O–H groups in total. The monoisotopic (exact) mass is 468 g/mol. The number of oxime groups is 2. The Balaban J connectivity index is 1.94. The molecule has 0 saturated carbocycles. The number of hydrogen-bond donors (Lipinski definition) is 2. The summed E-state index contributed by atoms with van der Waals surface area (Å²) in [6.45, 7) is 6.27. The SMILES string of the molecule is CCCCC1(CCCC)c2cc(-c3ccccc3)ccc2-c2ccc(C(/C=N/O)/C(C)=N/O)cc21. The summed E-state index contributed by atoms with van der Waals surface area (Å²) in [5.41, 5.74) is 9.27. The molecule has 1 aliphatic carbocycles. The van der Waals surface area contributed by atoms with Gasteiger partial charge in [-0.3, -0.25) is 0 Å².